The first kappa shape index (κ1) is 10.2. The van der Waals surface area contributed by atoms with Crippen LogP contribution in [0.3, 0.4) is 0 Å². The van der Waals surface area contributed by atoms with E-state index in [0.717, 1.165) is 0 Å². The van der Waals surface area contributed by atoms with Gasteiger partial charge in [-0.05, 0) is 12.1 Å². The number of aromatic amines is 1. The van der Waals surface area contributed by atoms with E-state index in [1.54, 1.807) is 12.3 Å². The summed E-state index contributed by atoms with van der Waals surface area (Å²) in [5.41, 5.74) is 0.220. The molecule has 7 heteroatoms. The predicted molar refractivity (Wildman–Crippen MR) is 62.0 cm³/mol. The van der Waals surface area contributed by atoms with Crippen LogP contribution in [0.4, 0.5) is 0 Å². The Labute approximate surface area is 100 Å². The first-order valence-corrected chi connectivity index (χ1v) is 5.07. The van der Waals surface area contributed by atoms with Crippen molar-refractivity contribution < 1.29 is 0 Å². The lowest BCUT2D eigenvalue weighted by atomic mass is 10.2. The number of hydrogen-bond donors (Lipinski definition) is 1. The van der Waals surface area contributed by atoms with Crippen molar-refractivity contribution in [3.05, 3.63) is 46.9 Å². The van der Waals surface area contributed by atoms with E-state index in [2.05, 4.69) is 20.1 Å². The van der Waals surface area contributed by atoms with Gasteiger partial charge in [0, 0.05) is 11.6 Å². The highest BCUT2D eigenvalue weighted by Gasteiger charge is 2.08. The van der Waals surface area contributed by atoms with Gasteiger partial charge >= 0.3 is 0 Å². The highest BCUT2D eigenvalue weighted by molar-refractivity contribution is 5.85. The van der Waals surface area contributed by atoms with Gasteiger partial charge in [0.15, 0.2) is 5.82 Å². The molecule has 0 amide bonds. The number of aromatic nitrogens is 5. The fourth-order valence-corrected chi connectivity index (χ4v) is 1.70. The van der Waals surface area contributed by atoms with Crippen molar-refractivity contribution in [2.75, 3.05) is 0 Å². The summed E-state index contributed by atoms with van der Waals surface area (Å²) in [6, 6.07) is 5.01. The van der Waals surface area contributed by atoms with Gasteiger partial charge in [0.05, 0.1) is 5.52 Å². The van der Waals surface area contributed by atoms with Crippen molar-refractivity contribution in [1.82, 2.24) is 24.7 Å². The lowest BCUT2D eigenvalue weighted by Crippen LogP contribution is -2.11. The average molecular weight is 238 g/mol. The zero-order valence-corrected chi connectivity index (χ0v) is 9.03. The van der Waals surface area contributed by atoms with E-state index in [9.17, 15) is 4.79 Å². The molecular formula is C11H6N6O. The molecule has 0 atom stereocenters. The molecule has 0 aromatic carbocycles. The van der Waals surface area contributed by atoms with Gasteiger partial charge in [-0.1, -0.05) is 0 Å². The number of nitriles is 1. The lowest BCUT2D eigenvalue weighted by Gasteiger charge is -2.04. The van der Waals surface area contributed by atoms with E-state index < -0.39 is 5.56 Å². The molecule has 3 rings (SSSR count). The molecule has 0 saturated carbocycles. The molecule has 7 nitrogen and oxygen atoms in total. The van der Waals surface area contributed by atoms with Crippen LogP contribution in [0.1, 0.15) is 5.56 Å². The van der Waals surface area contributed by atoms with Crippen LogP contribution in [0.15, 0.2) is 35.8 Å². The molecule has 3 heterocycles. The van der Waals surface area contributed by atoms with Gasteiger partial charge in [0.25, 0.3) is 5.56 Å². The first-order valence-electron chi connectivity index (χ1n) is 5.07. The Morgan fingerprint density at radius 3 is 3.06 bits per heavy atom. The molecule has 0 spiro atoms. The number of nitrogens with zero attached hydrogens (tertiary/aromatic N) is 5. The molecule has 0 aliphatic rings. The number of pyridine rings is 2. The van der Waals surface area contributed by atoms with E-state index in [0.29, 0.717) is 16.7 Å². The van der Waals surface area contributed by atoms with Crippen LogP contribution in [-0.2, 0) is 0 Å². The fraction of sp³-hybridized carbons (Fsp3) is 0. The van der Waals surface area contributed by atoms with E-state index in [1.807, 2.05) is 6.07 Å². The van der Waals surface area contributed by atoms with Gasteiger partial charge in [-0.3, -0.25) is 4.79 Å². The van der Waals surface area contributed by atoms with Gasteiger partial charge in [-0.25, -0.2) is 14.6 Å². The van der Waals surface area contributed by atoms with Crippen LogP contribution in [0.2, 0.25) is 0 Å². The Morgan fingerprint density at radius 1 is 1.44 bits per heavy atom. The number of fused-ring (bicyclic) bond motifs is 1. The molecule has 0 saturated heterocycles. The van der Waals surface area contributed by atoms with E-state index >= 15 is 0 Å². The van der Waals surface area contributed by atoms with Gasteiger partial charge in [0.2, 0.25) is 0 Å². The predicted octanol–water partition coefficient (Wildman–Crippen LogP) is 0.375. The standard InChI is InChI=1S/C11H6N6O/c12-4-7-3-8-9(16-11(7)18)1-2-14-10(8)17-6-13-5-15-17/h1-3,5-6H,(H,16,18). The van der Waals surface area contributed by atoms with Crippen LogP contribution < -0.4 is 5.56 Å². The molecule has 3 aromatic heterocycles. The molecule has 18 heavy (non-hydrogen) atoms. The molecule has 86 valence electrons. The van der Waals surface area contributed by atoms with Crippen molar-refractivity contribution >= 4 is 10.9 Å². The van der Waals surface area contributed by atoms with E-state index in [4.69, 9.17) is 5.26 Å². The van der Waals surface area contributed by atoms with Gasteiger partial charge < -0.3 is 4.98 Å². The summed E-state index contributed by atoms with van der Waals surface area (Å²) in [4.78, 5) is 22.2. The number of H-pyrrole nitrogens is 1. The highest BCUT2D eigenvalue weighted by Crippen LogP contribution is 2.16. The SMILES string of the molecule is N#Cc1cc2c(-n3cncn3)nccc2[nH]c1=O. The first-order chi connectivity index (χ1) is 8.79. The summed E-state index contributed by atoms with van der Waals surface area (Å²) in [6.45, 7) is 0. The van der Waals surface area contributed by atoms with Crippen LogP contribution in [0.5, 0.6) is 0 Å². The monoisotopic (exact) mass is 238 g/mol. The minimum Gasteiger partial charge on any atom is -0.321 e. The summed E-state index contributed by atoms with van der Waals surface area (Å²) in [6.07, 6.45) is 4.44. The molecule has 3 aromatic rings. The van der Waals surface area contributed by atoms with Gasteiger partial charge in [0.1, 0.15) is 24.3 Å². The molecular weight excluding hydrogens is 232 g/mol. The fourth-order valence-electron chi connectivity index (χ4n) is 1.70. The van der Waals surface area contributed by atoms with Crippen molar-refractivity contribution in [3.63, 3.8) is 0 Å². The molecule has 0 fully saturated rings. The maximum Gasteiger partial charge on any atom is 0.266 e. The second-order valence-corrected chi connectivity index (χ2v) is 3.56. The Balaban J connectivity index is 2.41. The summed E-state index contributed by atoms with van der Waals surface area (Å²) >= 11 is 0. The van der Waals surface area contributed by atoms with Crippen molar-refractivity contribution in [2.45, 2.75) is 0 Å². The van der Waals surface area contributed by atoms with Crippen molar-refractivity contribution in [3.8, 4) is 11.9 Å². The number of nitrogens with one attached hydrogen (secondary N) is 1. The molecule has 0 radical (unpaired) electrons. The molecule has 1 N–H and O–H groups in total. The Morgan fingerprint density at radius 2 is 2.33 bits per heavy atom. The maximum atomic E-state index is 11.5. The van der Waals surface area contributed by atoms with E-state index in [1.165, 1.54) is 23.4 Å². The summed E-state index contributed by atoms with van der Waals surface area (Å²) in [5.74, 6) is 0.512. The maximum absolute atomic E-state index is 11.5. The van der Waals surface area contributed by atoms with Gasteiger partial charge in [-0.2, -0.15) is 10.4 Å². The van der Waals surface area contributed by atoms with Crippen LogP contribution in [-0.4, -0.2) is 24.7 Å². The Bertz CT molecular complexity index is 812. The van der Waals surface area contributed by atoms with Crippen LogP contribution >= 0.6 is 0 Å². The third kappa shape index (κ3) is 1.44. The lowest BCUT2D eigenvalue weighted by molar-refractivity contribution is 0.853. The van der Waals surface area contributed by atoms with Crippen LogP contribution in [0, 0.1) is 11.3 Å². The summed E-state index contributed by atoms with van der Waals surface area (Å²) in [5, 5.41) is 13.5. The third-order valence-corrected chi connectivity index (χ3v) is 2.51. The molecule has 0 unspecified atom stereocenters. The van der Waals surface area contributed by atoms with Crippen LogP contribution in [0.25, 0.3) is 16.7 Å². The molecule has 0 aliphatic carbocycles. The zero-order chi connectivity index (χ0) is 12.5. The topological polar surface area (TPSA) is 100 Å². The smallest absolute Gasteiger partial charge is 0.266 e. The minimum absolute atomic E-state index is 0.0388. The summed E-state index contributed by atoms with van der Waals surface area (Å²) < 4.78 is 1.47. The minimum atomic E-state index is -0.416. The third-order valence-electron chi connectivity index (χ3n) is 2.51. The number of hydrogen-bond acceptors (Lipinski definition) is 5. The average Bonchev–Trinajstić information content (AvgIpc) is 2.90. The largest absolute Gasteiger partial charge is 0.321 e. The Kier molecular flexibility index (Phi) is 2.13. The van der Waals surface area contributed by atoms with Crippen molar-refractivity contribution in [2.24, 2.45) is 0 Å². The highest BCUT2D eigenvalue weighted by atomic mass is 16.1. The molecule has 0 bridgehead atoms. The summed E-state index contributed by atoms with van der Waals surface area (Å²) in [7, 11) is 0. The zero-order valence-electron chi connectivity index (χ0n) is 9.03. The quantitative estimate of drug-likeness (QED) is 0.660. The normalized spacial score (nSPS) is 10.4. The second-order valence-electron chi connectivity index (χ2n) is 3.56. The van der Waals surface area contributed by atoms with Crippen molar-refractivity contribution in [1.29, 1.82) is 5.26 Å². The second kappa shape index (κ2) is 3.78. The number of rotatable bonds is 1. The van der Waals surface area contributed by atoms with E-state index in [-0.39, 0.29) is 5.56 Å². The molecule has 0 aliphatic heterocycles. The Hall–Kier alpha value is -3.01. The van der Waals surface area contributed by atoms with Gasteiger partial charge in [-0.15, -0.1) is 0 Å².